The zero-order chi connectivity index (χ0) is 10.9. The molecule has 6 heteroatoms. The Kier molecular flexibility index (Phi) is 2.79. The minimum Gasteiger partial charge on any atom is -0.207 e. The maximum absolute atomic E-state index is 13.2. The standard InChI is InChI=1S/C8H5ClFNO2S/c1-5-2-3-7(14(9,12)13)6(4-11)8(5)10/h2-3H,1H3. The van der Waals surface area contributed by atoms with Crippen LogP contribution in [-0.4, -0.2) is 8.42 Å². The first kappa shape index (κ1) is 11.0. The van der Waals surface area contributed by atoms with Crippen molar-refractivity contribution in [3.63, 3.8) is 0 Å². The highest BCUT2D eigenvalue weighted by Crippen LogP contribution is 2.23. The third-order valence-electron chi connectivity index (χ3n) is 1.67. The Morgan fingerprint density at radius 3 is 2.50 bits per heavy atom. The van der Waals surface area contributed by atoms with Crippen LogP contribution in [0.3, 0.4) is 0 Å². The summed E-state index contributed by atoms with van der Waals surface area (Å²) in [5.41, 5.74) is -0.342. The van der Waals surface area contributed by atoms with Crippen molar-refractivity contribution >= 4 is 19.7 Å². The van der Waals surface area contributed by atoms with Crippen molar-refractivity contribution in [2.45, 2.75) is 11.8 Å². The maximum atomic E-state index is 13.2. The largest absolute Gasteiger partial charge is 0.262 e. The van der Waals surface area contributed by atoms with Gasteiger partial charge in [0.25, 0.3) is 9.05 Å². The second kappa shape index (κ2) is 3.56. The molecule has 0 aromatic heterocycles. The van der Waals surface area contributed by atoms with Gasteiger partial charge in [0.1, 0.15) is 22.3 Å². The summed E-state index contributed by atoms with van der Waals surface area (Å²) in [5, 5.41) is 8.57. The van der Waals surface area contributed by atoms with E-state index in [2.05, 4.69) is 0 Å². The maximum Gasteiger partial charge on any atom is 0.262 e. The molecule has 0 unspecified atom stereocenters. The number of benzene rings is 1. The average molecular weight is 234 g/mol. The molecular formula is C8H5ClFNO2S. The molecular weight excluding hydrogens is 229 g/mol. The van der Waals surface area contributed by atoms with Crippen LogP contribution in [-0.2, 0) is 9.05 Å². The number of hydrogen-bond acceptors (Lipinski definition) is 3. The summed E-state index contributed by atoms with van der Waals surface area (Å²) in [6.45, 7) is 1.43. The Morgan fingerprint density at radius 1 is 1.50 bits per heavy atom. The van der Waals surface area contributed by atoms with E-state index in [1.54, 1.807) is 0 Å². The van der Waals surface area contributed by atoms with Crippen molar-refractivity contribution in [1.29, 1.82) is 5.26 Å². The molecule has 0 aliphatic rings. The average Bonchev–Trinajstić information content (AvgIpc) is 2.07. The lowest BCUT2D eigenvalue weighted by atomic mass is 10.1. The van der Waals surface area contributed by atoms with Crippen LogP contribution in [0, 0.1) is 24.1 Å². The molecule has 0 spiro atoms. The first-order valence-electron chi connectivity index (χ1n) is 3.52. The van der Waals surface area contributed by atoms with E-state index >= 15 is 0 Å². The summed E-state index contributed by atoms with van der Waals surface area (Å²) < 4.78 is 35.1. The Bertz CT molecular complexity index is 519. The van der Waals surface area contributed by atoms with Gasteiger partial charge in [0, 0.05) is 10.7 Å². The van der Waals surface area contributed by atoms with Crippen molar-refractivity contribution in [2.24, 2.45) is 0 Å². The molecule has 0 radical (unpaired) electrons. The molecule has 74 valence electrons. The van der Waals surface area contributed by atoms with Crippen LogP contribution in [0.25, 0.3) is 0 Å². The van der Waals surface area contributed by atoms with Crippen molar-refractivity contribution < 1.29 is 12.8 Å². The molecule has 14 heavy (non-hydrogen) atoms. The molecule has 0 aliphatic carbocycles. The van der Waals surface area contributed by atoms with Gasteiger partial charge in [-0.05, 0) is 18.6 Å². The lowest BCUT2D eigenvalue weighted by Gasteiger charge is -2.02. The summed E-state index contributed by atoms with van der Waals surface area (Å²) in [4.78, 5) is -0.496. The molecule has 0 amide bonds. The van der Waals surface area contributed by atoms with Gasteiger partial charge in [0.05, 0.1) is 0 Å². The molecule has 0 aliphatic heterocycles. The Labute approximate surface area is 85.2 Å². The highest BCUT2D eigenvalue weighted by Gasteiger charge is 2.19. The van der Waals surface area contributed by atoms with Gasteiger partial charge in [-0.15, -0.1) is 0 Å². The van der Waals surface area contributed by atoms with Crippen LogP contribution in [0.1, 0.15) is 11.1 Å². The fraction of sp³-hybridized carbons (Fsp3) is 0.125. The first-order chi connectivity index (χ1) is 6.38. The molecule has 1 aromatic rings. The van der Waals surface area contributed by atoms with E-state index in [-0.39, 0.29) is 5.56 Å². The fourth-order valence-electron chi connectivity index (χ4n) is 0.970. The van der Waals surface area contributed by atoms with Gasteiger partial charge in [0.15, 0.2) is 0 Å². The minimum atomic E-state index is -4.08. The molecule has 0 heterocycles. The van der Waals surface area contributed by atoms with Crippen molar-refractivity contribution in [3.8, 4) is 6.07 Å². The normalized spacial score (nSPS) is 11.0. The molecule has 1 rings (SSSR count). The van der Waals surface area contributed by atoms with Gasteiger partial charge in [-0.25, -0.2) is 12.8 Å². The number of aryl methyl sites for hydroxylation is 1. The van der Waals surface area contributed by atoms with Crippen LogP contribution in [0.2, 0.25) is 0 Å². The van der Waals surface area contributed by atoms with E-state index in [0.29, 0.717) is 0 Å². The third-order valence-corrected chi connectivity index (χ3v) is 3.04. The van der Waals surface area contributed by atoms with Crippen LogP contribution in [0.15, 0.2) is 17.0 Å². The van der Waals surface area contributed by atoms with E-state index in [9.17, 15) is 12.8 Å². The fourth-order valence-corrected chi connectivity index (χ4v) is 1.97. The zero-order valence-electron chi connectivity index (χ0n) is 7.08. The summed E-state index contributed by atoms with van der Waals surface area (Å²) in [5.74, 6) is -0.853. The Hall–Kier alpha value is -1.12. The van der Waals surface area contributed by atoms with Gasteiger partial charge < -0.3 is 0 Å². The van der Waals surface area contributed by atoms with Crippen LogP contribution >= 0.6 is 10.7 Å². The quantitative estimate of drug-likeness (QED) is 0.697. The van der Waals surface area contributed by atoms with E-state index in [1.165, 1.54) is 19.1 Å². The predicted octanol–water partition coefficient (Wildman–Crippen LogP) is 1.93. The summed E-state index contributed by atoms with van der Waals surface area (Å²) >= 11 is 0. The van der Waals surface area contributed by atoms with Crippen LogP contribution < -0.4 is 0 Å². The number of hydrogen-bond donors (Lipinski definition) is 0. The number of halogens is 2. The van der Waals surface area contributed by atoms with Crippen LogP contribution in [0.5, 0.6) is 0 Å². The number of nitriles is 1. The second-order valence-electron chi connectivity index (χ2n) is 2.62. The summed E-state index contributed by atoms with van der Waals surface area (Å²) in [6, 6.07) is 3.84. The minimum absolute atomic E-state index is 0.200. The highest BCUT2D eigenvalue weighted by atomic mass is 35.7. The topological polar surface area (TPSA) is 57.9 Å². The summed E-state index contributed by atoms with van der Waals surface area (Å²) in [7, 11) is 0.946. The predicted molar refractivity (Wildman–Crippen MR) is 48.9 cm³/mol. The lowest BCUT2D eigenvalue weighted by Crippen LogP contribution is -1.99. The van der Waals surface area contributed by atoms with E-state index in [1.807, 2.05) is 0 Å². The molecule has 0 N–H and O–H groups in total. The Balaban J connectivity index is 3.66. The van der Waals surface area contributed by atoms with Crippen molar-refractivity contribution in [1.82, 2.24) is 0 Å². The monoisotopic (exact) mass is 233 g/mol. The first-order valence-corrected chi connectivity index (χ1v) is 5.82. The molecule has 3 nitrogen and oxygen atoms in total. The van der Waals surface area contributed by atoms with E-state index in [0.717, 1.165) is 6.07 Å². The molecule has 0 saturated carbocycles. The second-order valence-corrected chi connectivity index (χ2v) is 5.15. The lowest BCUT2D eigenvalue weighted by molar-refractivity contribution is 0.596. The van der Waals surface area contributed by atoms with E-state index in [4.69, 9.17) is 15.9 Å². The zero-order valence-corrected chi connectivity index (χ0v) is 8.66. The highest BCUT2D eigenvalue weighted by molar-refractivity contribution is 8.13. The van der Waals surface area contributed by atoms with Gasteiger partial charge in [0.2, 0.25) is 0 Å². The smallest absolute Gasteiger partial charge is 0.207 e. The third kappa shape index (κ3) is 1.86. The SMILES string of the molecule is Cc1ccc(S(=O)(=O)Cl)c(C#N)c1F. The number of rotatable bonds is 1. The van der Waals surface area contributed by atoms with Gasteiger partial charge >= 0.3 is 0 Å². The van der Waals surface area contributed by atoms with Crippen LogP contribution in [0.4, 0.5) is 4.39 Å². The molecule has 0 fully saturated rings. The molecule has 1 aromatic carbocycles. The molecule has 0 atom stereocenters. The molecule has 0 bridgehead atoms. The van der Waals surface area contributed by atoms with Gasteiger partial charge in [-0.3, -0.25) is 0 Å². The van der Waals surface area contributed by atoms with Gasteiger partial charge in [-0.1, -0.05) is 6.07 Å². The van der Waals surface area contributed by atoms with E-state index < -0.39 is 25.3 Å². The summed E-state index contributed by atoms with van der Waals surface area (Å²) in [6.07, 6.45) is 0. The van der Waals surface area contributed by atoms with Crippen molar-refractivity contribution in [2.75, 3.05) is 0 Å². The number of nitrogens with zero attached hydrogens (tertiary/aromatic N) is 1. The van der Waals surface area contributed by atoms with Crippen molar-refractivity contribution in [3.05, 3.63) is 29.1 Å². The van der Waals surface area contributed by atoms with Gasteiger partial charge in [-0.2, -0.15) is 5.26 Å². The molecule has 0 saturated heterocycles. The Morgan fingerprint density at radius 2 is 2.07 bits per heavy atom.